The SMILES string of the molecule is CS/C=C/C(O)C#N. The van der Waals surface area contributed by atoms with Crippen molar-refractivity contribution in [2.75, 3.05) is 6.26 Å². The van der Waals surface area contributed by atoms with Crippen LogP contribution >= 0.6 is 11.8 Å². The summed E-state index contributed by atoms with van der Waals surface area (Å²) in [6, 6.07) is 1.66. The highest BCUT2D eigenvalue weighted by Gasteiger charge is 1.88. The van der Waals surface area contributed by atoms with Gasteiger partial charge in [0.2, 0.25) is 0 Å². The number of rotatable bonds is 2. The molecule has 8 heavy (non-hydrogen) atoms. The molecule has 0 aromatic rings. The van der Waals surface area contributed by atoms with Crippen molar-refractivity contribution >= 4 is 11.8 Å². The zero-order chi connectivity index (χ0) is 6.41. The summed E-state index contributed by atoms with van der Waals surface area (Å²) in [6.45, 7) is 0. The number of aliphatic hydroxyl groups is 1. The highest BCUT2D eigenvalue weighted by atomic mass is 32.2. The van der Waals surface area contributed by atoms with Crippen molar-refractivity contribution < 1.29 is 5.11 Å². The minimum Gasteiger partial charge on any atom is -0.374 e. The first-order chi connectivity index (χ1) is 3.81. The number of aliphatic hydroxyl groups excluding tert-OH is 1. The van der Waals surface area contributed by atoms with Crippen LogP contribution in [0.1, 0.15) is 0 Å². The second kappa shape index (κ2) is 4.69. The zero-order valence-corrected chi connectivity index (χ0v) is 5.35. The maximum atomic E-state index is 8.53. The van der Waals surface area contributed by atoms with Gasteiger partial charge in [0.25, 0.3) is 0 Å². The second-order valence-corrected chi connectivity index (χ2v) is 1.88. The number of hydrogen-bond acceptors (Lipinski definition) is 3. The molecule has 0 aliphatic rings. The maximum absolute atomic E-state index is 8.53. The Balaban J connectivity index is 3.40. The van der Waals surface area contributed by atoms with E-state index in [9.17, 15) is 0 Å². The van der Waals surface area contributed by atoms with Crippen LogP contribution in [0.4, 0.5) is 0 Å². The Morgan fingerprint density at radius 3 is 2.88 bits per heavy atom. The molecule has 1 N–H and O–H groups in total. The van der Waals surface area contributed by atoms with Gasteiger partial charge < -0.3 is 5.11 Å². The fourth-order valence-electron chi connectivity index (χ4n) is 0.196. The minimum atomic E-state index is -0.942. The Kier molecular flexibility index (Phi) is 4.42. The molecule has 0 aromatic heterocycles. The van der Waals surface area contributed by atoms with Gasteiger partial charge in [0.05, 0.1) is 6.07 Å². The second-order valence-electron chi connectivity index (χ2n) is 1.14. The minimum absolute atomic E-state index is 0.942. The van der Waals surface area contributed by atoms with Gasteiger partial charge in [-0.05, 0) is 17.7 Å². The highest BCUT2D eigenvalue weighted by molar-refractivity contribution is 8.01. The molecule has 1 unspecified atom stereocenters. The van der Waals surface area contributed by atoms with Gasteiger partial charge in [-0.1, -0.05) is 0 Å². The fraction of sp³-hybridized carbons (Fsp3) is 0.400. The van der Waals surface area contributed by atoms with Crippen LogP contribution in [-0.4, -0.2) is 17.5 Å². The maximum Gasteiger partial charge on any atom is 0.159 e. The number of hydrogen-bond donors (Lipinski definition) is 1. The summed E-state index contributed by atoms with van der Waals surface area (Å²) in [5.41, 5.74) is 0. The van der Waals surface area contributed by atoms with Gasteiger partial charge in [0.15, 0.2) is 6.10 Å². The molecule has 3 heteroatoms. The summed E-state index contributed by atoms with van der Waals surface area (Å²) in [5, 5.41) is 18.2. The number of thioether (sulfide) groups is 1. The molecule has 1 atom stereocenters. The Morgan fingerprint density at radius 2 is 2.50 bits per heavy atom. The lowest BCUT2D eigenvalue weighted by molar-refractivity contribution is 0.278. The number of nitriles is 1. The third-order valence-corrected chi connectivity index (χ3v) is 0.959. The van der Waals surface area contributed by atoms with Crippen molar-refractivity contribution in [3.8, 4) is 6.07 Å². The smallest absolute Gasteiger partial charge is 0.159 e. The van der Waals surface area contributed by atoms with Crippen LogP contribution in [-0.2, 0) is 0 Å². The molecule has 0 fully saturated rings. The first kappa shape index (κ1) is 7.54. The van der Waals surface area contributed by atoms with E-state index in [1.54, 1.807) is 11.5 Å². The molecular weight excluding hydrogens is 122 g/mol. The molecule has 0 bridgehead atoms. The van der Waals surface area contributed by atoms with Crippen LogP contribution in [0.2, 0.25) is 0 Å². The van der Waals surface area contributed by atoms with Gasteiger partial charge in [-0.25, -0.2) is 0 Å². The van der Waals surface area contributed by atoms with Crippen LogP contribution in [0.5, 0.6) is 0 Å². The molecular formula is C5H7NOS. The monoisotopic (exact) mass is 129 g/mol. The standard InChI is InChI=1S/C5H7NOS/c1-8-3-2-5(7)4-6/h2-3,5,7H,1H3/b3-2+. The fourth-order valence-corrected chi connectivity index (χ4v) is 0.502. The Morgan fingerprint density at radius 1 is 1.88 bits per heavy atom. The van der Waals surface area contributed by atoms with E-state index in [-0.39, 0.29) is 0 Å². The van der Waals surface area contributed by atoms with Gasteiger partial charge in [0, 0.05) is 0 Å². The predicted molar refractivity (Wildman–Crippen MR) is 34.3 cm³/mol. The van der Waals surface area contributed by atoms with Gasteiger partial charge in [-0.2, -0.15) is 5.26 Å². The van der Waals surface area contributed by atoms with Crippen molar-refractivity contribution in [3.63, 3.8) is 0 Å². The predicted octanol–water partition coefficient (Wildman–Crippen LogP) is 0.748. The number of nitrogens with zero attached hydrogens (tertiary/aromatic N) is 1. The normalized spacial score (nSPS) is 13.6. The molecule has 0 rings (SSSR count). The Bertz CT molecular complexity index is 116. The summed E-state index contributed by atoms with van der Waals surface area (Å²) in [4.78, 5) is 0. The van der Waals surface area contributed by atoms with Crippen LogP contribution in [0.3, 0.4) is 0 Å². The average molecular weight is 129 g/mol. The average Bonchev–Trinajstić information content (AvgIpc) is 1.83. The highest BCUT2D eigenvalue weighted by Crippen LogP contribution is 1.94. The van der Waals surface area contributed by atoms with E-state index in [0.29, 0.717) is 0 Å². The molecule has 0 spiro atoms. The van der Waals surface area contributed by atoms with Gasteiger partial charge in [0.1, 0.15) is 0 Å². The first-order valence-electron chi connectivity index (χ1n) is 2.08. The van der Waals surface area contributed by atoms with E-state index in [0.717, 1.165) is 0 Å². The van der Waals surface area contributed by atoms with E-state index in [2.05, 4.69) is 0 Å². The third-order valence-electron chi connectivity index (χ3n) is 0.529. The van der Waals surface area contributed by atoms with Gasteiger partial charge in [-0.3, -0.25) is 0 Å². The zero-order valence-electron chi connectivity index (χ0n) is 4.53. The molecule has 0 heterocycles. The summed E-state index contributed by atoms with van der Waals surface area (Å²) >= 11 is 1.45. The lowest BCUT2D eigenvalue weighted by Gasteiger charge is -1.85. The van der Waals surface area contributed by atoms with E-state index in [1.165, 1.54) is 17.8 Å². The quantitative estimate of drug-likeness (QED) is 0.559. The summed E-state index contributed by atoms with van der Waals surface area (Å²) in [5.74, 6) is 0. The molecule has 0 saturated heterocycles. The van der Waals surface area contributed by atoms with Gasteiger partial charge in [-0.15, -0.1) is 11.8 Å². The molecule has 2 nitrogen and oxygen atoms in total. The molecule has 0 aromatic carbocycles. The van der Waals surface area contributed by atoms with Gasteiger partial charge >= 0.3 is 0 Å². The lowest BCUT2D eigenvalue weighted by Crippen LogP contribution is -1.94. The van der Waals surface area contributed by atoms with Crippen LogP contribution in [0.15, 0.2) is 11.5 Å². The summed E-state index contributed by atoms with van der Waals surface area (Å²) in [6.07, 6.45) is 2.35. The van der Waals surface area contributed by atoms with Crippen molar-refractivity contribution in [2.45, 2.75) is 6.10 Å². The Hall–Kier alpha value is -0.460. The lowest BCUT2D eigenvalue weighted by atomic mass is 10.4. The van der Waals surface area contributed by atoms with Crippen molar-refractivity contribution in [1.29, 1.82) is 5.26 Å². The van der Waals surface area contributed by atoms with E-state index < -0.39 is 6.10 Å². The van der Waals surface area contributed by atoms with Crippen LogP contribution in [0.25, 0.3) is 0 Å². The molecule has 44 valence electrons. The largest absolute Gasteiger partial charge is 0.374 e. The van der Waals surface area contributed by atoms with E-state index >= 15 is 0 Å². The van der Waals surface area contributed by atoms with E-state index in [1.807, 2.05) is 6.26 Å². The van der Waals surface area contributed by atoms with Crippen LogP contribution < -0.4 is 0 Å². The first-order valence-corrected chi connectivity index (χ1v) is 3.37. The van der Waals surface area contributed by atoms with Crippen molar-refractivity contribution in [3.05, 3.63) is 11.5 Å². The summed E-state index contributed by atoms with van der Waals surface area (Å²) < 4.78 is 0. The molecule has 0 aliphatic heterocycles. The Labute approximate surface area is 52.8 Å². The molecule has 0 saturated carbocycles. The molecule has 0 amide bonds. The molecule has 0 radical (unpaired) electrons. The summed E-state index contributed by atoms with van der Waals surface area (Å²) in [7, 11) is 0. The van der Waals surface area contributed by atoms with Crippen LogP contribution in [0, 0.1) is 11.3 Å². The third kappa shape index (κ3) is 3.72. The topological polar surface area (TPSA) is 44.0 Å². The van der Waals surface area contributed by atoms with Crippen molar-refractivity contribution in [1.82, 2.24) is 0 Å². The van der Waals surface area contributed by atoms with E-state index in [4.69, 9.17) is 10.4 Å². The molecule has 0 aliphatic carbocycles. The van der Waals surface area contributed by atoms with Crippen molar-refractivity contribution in [2.24, 2.45) is 0 Å².